The largest absolute Gasteiger partial charge is 0.187 e. The second kappa shape index (κ2) is 4.01. The molecule has 0 N–H and O–H groups in total. The van der Waals surface area contributed by atoms with Gasteiger partial charge in [-0.3, -0.25) is 0 Å². The molecule has 0 saturated carbocycles. The van der Waals surface area contributed by atoms with Crippen LogP contribution in [0.5, 0.6) is 0 Å². The van der Waals surface area contributed by atoms with E-state index in [9.17, 15) is 0 Å². The Kier molecular flexibility index (Phi) is 3.92. The molecule has 0 spiro atoms. The molecule has 0 atom stereocenters. The summed E-state index contributed by atoms with van der Waals surface area (Å²) in [5.41, 5.74) is 0. The van der Waals surface area contributed by atoms with Crippen LogP contribution in [0, 0.1) is 10.7 Å². The fourth-order valence-electron chi connectivity index (χ4n) is 0.365. The van der Waals surface area contributed by atoms with Crippen molar-refractivity contribution in [2.75, 3.05) is 11.5 Å². The quantitative estimate of drug-likeness (QED) is 0.430. The smallest absolute Gasteiger partial charge is 0.110 e. The fraction of sp³-hybridized carbons (Fsp3) is 0.800. The van der Waals surface area contributed by atoms with Crippen molar-refractivity contribution in [3.63, 3.8) is 0 Å². The number of nitriles is 1. The van der Waals surface area contributed by atoms with Gasteiger partial charge in [-0.05, 0) is 11.5 Å². The zero-order valence-corrected chi connectivity index (χ0v) is 5.70. The van der Waals surface area contributed by atoms with Crippen molar-refractivity contribution < 1.29 is 0 Å². The second-order valence-corrected chi connectivity index (χ2v) is 3.82. The van der Waals surface area contributed by atoms with Gasteiger partial charge in [-0.1, -0.05) is 13.8 Å². The predicted molar refractivity (Wildman–Crippen MR) is 35.7 cm³/mol. The molecule has 7 heavy (non-hydrogen) atoms. The van der Waals surface area contributed by atoms with Gasteiger partial charge < -0.3 is 0 Å². The molecule has 0 fully saturated rings. The monoisotopic (exact) mass is 117 g/mol. The van der Waals surface area contributed by atoms with Crippen LogP contribution in [0.25, 0.3) is 0 Å². The summed E-state index contributed by atoms with van der Waals surface area (Å²) < 4.78 is 0. The Bertz CT molecular complexity index is 70.6. The Balaban J connectivity index is 3.23. The van der Waals surface area contributed by atoms with E-state index in [4.69, 9.17) is 5.26 Å². The summed E-state index contributed by atoms with van der Waals surface area (Å²) in [5, 5.41) is 10.6. The molecule has 0 unspecified atom stereocenters. The molecule has 0 amide bonds. The maximum Gasteiger partial charge on any atom is 0.110 e. The lowest BCUT2D eigenvalue weighted by molar-refractivity contribution is 1.44. The molecule has 0 aromatic heterocycles. The highest BCUT2D eigenvalue weighted by molar-refractivity contribution is 8.20. The highest BCUT2D eigenvalue weighted by atomic mass is 32.2. The molecular formula is C5H11NS. The SMILES string of the molecule is CC[SH](C#N)CC. The van der Waals surface area contributed by atoms with Gasteiger partial charge in [0.2, 0.25) is 0 Å². The molecular weight excluding hydrogens is 106 g/mol. The molecule has 0 radical (unpaired) electrons. The van der Waals surface area contributed by atoms with E-state index >= 15 is 0 Å². The molecule has 0 aliphatic rings. The number of thiocyanates is 1. The summed E-state index contributed by atoms with van der Waals surface area (Å²) in [5.74, 6) is 2.12. The average molecular weight is 117 g/mol. The Hall–Kier alpha value is -0.160. The van der Waals surface area contributed by atoms with Crippen LogP contribution in [-0.2, 0) is 0 Å². The summed E-state index contributed by atoms with van der Waals surface area (Å²) in [6.45, 7) is 4.14. The van der Waals surface area contributed by atoms with Gasteiger partial charge in [0.05, 0.1) is 0 Å². The first-order chi connectivity index (χ1) is 3.35. The van der Waals surface area contributed by atoms with Gasteiger partial charge in [0, 0.05) is 0 Å². The molecule has 2 heteroatoms. The maximum absolute atomic E-state index is 8.30. The molecule has 0 bridgehead atoms. The zero-order chi connectivity index (χ0) is 5.70. The van der Waals surface area contributed by atoms with E-state index in [1.807, 2.05) is 0 Å². The average Bonchev–Trinajstić information content (AvgIpc) is 1.72. The summed E-state index contributed by atoms with van der Waals surface area (Å²) in [4.78, 5) is 0. The van der Waals surface area contributed by atoms with Crippen molar-refractivity contribution in [3.8, 4) is 5.40 Å². The lowest BCUT2D eigenvalue weighted by Crippen LogP contribution is -1.80. The number of rotatable bonds is 2. The third kappa shape index (κ3) is 2.52. The molecule has 0 heterocycles. The van der Waals surface area contributed by atoms with E-state index in [1.165, 1.54) is 0 Å². The van der Waals surface area contributed by atoms with E-state index in [0.29, 0.717) is 0 Å². The third-order valence-electron chi connectivity index (χ3n) is 0.905. The van der Waals surface area contributed by atoms with E-state index in [1.54, 1.807) is 0 Å². The van der Waals surface area contributed by atoms with Crippen LogP contribution in [0.15, 0.2) is 0 Å². The van der Waals surface area contributed by atoms with Crippen LogP contribution < -0.4 is 0 Å². The summed E-state index contributed by atoms with van der Waals surface area (Å²) in [6.07, 6.45) is 0. The van der Waals surface area contributed by atoms with Crippen molar-refractivity contribution in [2.24, 2.45) is 0 Å². The lowest BCUT2D eigenvalue weighted by atomic mass is 11.0. The third-order valence-corrected chi connectivity index (χ3v) is 2.71. The lowest BCUT2D eigenvalue weighted by Gasteiger charge is -2.02. The predicted octanol–water partition coefficient (Wildman–Crippen LogP) is 1.51. The zero-order valence-electron chi connectivity index (χ0n) is 4.81. The van der Waals surface area contributed by atoms with E-state index in [0.717, 1.165) is 11.5 Å². The van der Waals surface area contributed by atoms with Crippen LogP contribution in [0.1, 0.15) is 13.8 Å². The van der Waals surface area contributed by atoms with Crippen molar-refractivity contribution >= 4 is 10.9 Å². The highest BCUT2D eigenvalue weighted by Crippen LogP contribution is 2.19. The summed E-state index contributed by atoms with van der Waals surface area (Å²) in [7, 11) is -0.248. The number of hydrogen-bond acceptors (Lipinski definition) is 1. The van der Waals surface area contributed by atoms with Gasteiger partial charge in [0.15, 0.2) is 0 Å². The molecule has 0 aromatic carbocycles. The van der Waals surface area contributed by atoms with Crippen molar-refractivity contribution in [3.05, 3.63) is 0 Å². The minimum atomic E-state index is -0.248. The molecule has 0 aromatic rings. The molecule has 0 aliphatic heterocycles. The molecule has 0 rings (SSSR count). The maximum atomic E-state index is 8.30. The summed E-state index contributed by atoms with van der Waals surface area (Å²) >= 11 is 0. The fourth-order valence-corrected chi connectivity index (χ4v) is 1.10. The van der Waals surface area contributed by atoms with Crippen LogP contribution in [0.2, 0.25) is 0 Å². The van der Waals surface area contributed by atoms with Crippen molar-refractivity contribution in [2.45, 2.75) is 13.8 Å². The van der Waals surface area contributed by atoms with E-state index in [2.05, 4.69) is 19.2 Å². The molecule has 1 nitrogen and oxygen atoms in total. The van der Waals surface area contributed by atoms with Crippen LogP contribution in [-0.4, -0.2) is 11.5 Å². The topological polar surface area (TPSA) is 23.8 Å². The Morgan fingerprint density at radius 2 is 1.86 bits per heavy atom. The molecule has 0 saturated heterocycles. The van der Waals surface area contributed by atoms with Gasteiger partial charge >= 0.3 is 0 Å². The van der Waals surface area contributed by atoms with Gasteiger partial charge in [-0.25, -0.2) is 0 Å². The molecule has 0 aliphatic carbocycles. The van der Waals surface area contributed by atoms with E-state index < -0.39 is 0 Å². The summed E-state index contributed by atoms with van der Waals surface area (Å²) in [6, 6.07) is 0. The van der Waals surface area contributed by atoms with Gasteiger partial charge in [0.25, 0.3) is 0 Å². The van der Waals surface area contributed by atoms with Crippen LogP contribution in [0.4, 0.5) is 0 Å². The first-order valence-electron chi connectivity index (χ1n) is 2.49. The Morgan fingerprint density at radius 1 is 1.43 bits per heavy atom. The Morgan fingerprint density at radius 3 is 1.86 bits per heavy atom. The van der Waals surface area contributed by atoms with Crippen LogP contribution >= 0.6 is 10.9 Å². The number of nitrogens with zero attached hydrogens (tertiary/aromatic N) is 1. The normalized spacial score (nSPS) is 10.1. The van der Waals surface area contributed by atoms with E-state index in [-0.39, 0.29) is 10.9 Å². The Labute approximate surface area is 47.7 Å². The van der Waals surface area contributed by atoms with Crippen molar-refractivity contribution in [1.82, 2.24) is 0 Å². The number of thiol groups is 1. The number of hydrogen-bond donors (Lipinski definition) is 1. The van der Waals surface area contributed by atoms with Crippen LogP contribution in [0.3, 0.4) is 0 Å². The second-order valence-electron chi connectivity index (χ2n) is 1.27. The first kappa shape index (κ1) is 6.84. The van der Waals surface area contributed by atoms with Gasteiger partial charge in [-0.2, -0.15) is 16.2 Å². The minimum Gasteiger partial charge on any atom is -0.187 e. The van der Waals surface area contributed by atoms with Crippen molar-refractivity contribution in [1.29, 1.82) is 5.26 Å². The minimum absolute atomic E-state index is 0.248. The first-order valence-corrected chi connectivity index (χ1v) is 4.21. The highest BCUT2D eigenvalue weighted by Gasteiger charge is 1.89. The van der Waals surface area contributed by atoms with Gasteiger partial charge in [-0.15, -0.1) is 0 Å². The standard InChI is InChI=1S/C5H11NS/c1-3-7(4-2)5-6/h7H,3-4H2,1-2H3. The molecule has 42 valence electrons. The van der Waals surface area contributed by atoms with Gasteiger partial charge in [0.1, 0.15) is 5.40 Å².